The molecule has 0 radical (unpaired) electrons. The third kappa shape index (κ3) is 2.87. The van der Waals surface area contributed by atoms with E-state index in [0.29, 0.717) is 35.5 Å². The van der Waals surface area contributed by atoms with Crippen LogP contribution in [-0.4, -0.2) is 31.3 Å². The lowest BCUT2D eigenvalue weighted by Crippen LogP contribution is -2.31. The molecule has 0 atom stereocenters. The van der Waals surface area contributed by atoms with Crippen molar-refractivity contribution in [1.82, 2.24) is 18.9 Å². The molecule has 1 aromatic carbocycles. The van der Waals surface area contributed by atoms with Crippen LogP contribution in [-0.2, 0) is 13.6 Å². The summed E-state index contributed by atoms with van der Waals surface area (Å²) < 4.78 is 3.26. The maximum atomic E-state index is 13.2. The van der Waals surface area contributed by atoms with E-state index in [1.54, 1.807) is 28.8 Å². The smallest absolute Gasteiger partial charge is 0.270 e. The second-order valence-electron chi connectivity index (χ2n) is 6.93. The maximum Gasteiger partial charge on any atom is 0.270 e. The van der Waals surface area contributed by atoms with Crippen LogP contribution in [0.5, 0.6) is 0 Å². The van der Waals surface area contributed by atoms with Crippen molar-refractivity contribution in [2.45, 2.75) is 20.4 Å². The van der Waals surface area contributed by atoms with Gasteiger partial charge in [0.25, 0.3) is 11.5 Å². The number of hydrogen-bond donors (Lipinski definition) is 0. The van der Waals surface area contributed by atoms with Crippen LogP contribution in [0.4, 0.5) is 0 Å². The quantitative estimate of drug-likeness (QED) is 0.551. The van der Waals surface area contributed by atoms with Crippen molar-refractivity contribution in [2.24, 2.45) is 7.05 Å². The Hall–Kier alpha value is -3.41. The van der Waals surface area contributed by atoms with Gasteiger partial charge in [-0.1, -0.05) is 36.4 Å². The molecule has 0 N–H and O–H groups in total. The molecule has 0 aliphatic rings. The minimum absolute atomic E-state index is 0.114. The van der Waals surface area contributed by atoms with Crippen molar-refractivity contribution in [2.75, 3.05) is 6.54 Å². The first-order valence-electron chi connectivity index (χ1n) is 9.32. The summed E-state index contributed by atoms with van der Waals surface area (Å²) in [5, 5.41) is 0.449. The highest BCUT2D eigenvalue weighted by Gasteiger charge is 2.22. The van der Waals surface area contributed by atoms with Crippen LogP contribution < -0.4 is 5.56 Å². The van der Waals surface area contributed by atoms with Gasteiger partial charge >= 0.3 is 0 Å². The molecule has 0 aliphatic carbocycles. The number of amides is 1. The van der Waals surface area contributed by atoms with Crippen molar-refractivity contribution < 1.29 is 4.79 Å². The minimum Gasteiger partial charge on any atom is -0.333 e. The van der Waals surface area contributed by atoms with Crippen LogP contribution in [0.3, 0.4) is 0 Å². The average molecular weight is 374 g/mol. The van der Waals surface area contributed by atoms with E-state index in [9.17, 15) is 9.59 Å². The second-order valence-corrected chi connectivity index (χ2v) is 6.93. The van der Waals surface area contributed by atoms with Crippen LogP contribution in [0.1, 0.15) is 28.5 Å². The Balaban J connectivity index is 1.82. The van der Waals surface area contributed by atoms with E-state index >= 15 is 0 Å². The van der Waals surface area contributed by atoms with Gasteiger partial charge < -0.3 is 9.47 Å². The summed E-state index contributed by atoms with van der Waals surface area (Å²) in [6, 6.07) is 15.3. The number of fused-ring (bicyclic) bond motifs is 2. The van der Waals surface area contributed by atoms with Gasteiger partial charge in [-0.3, -0.25) is 14.0 Å². The predicted octanol–water partition coefficient (Wildman–Crippen LogP) is 3.16. The summed E-state index contributed by atoms with van der Waals surface area (Å²) in [4.78, 5) is 32.6. The molecule has 0 saturated carbocycles. The van der Waals surface area contributed by atoms with Gasteiger partial charge in [0.05, 0.1) is 5.39 Å². The SMILES string of the molecule is CCN(Cc1ccccc1)C(=O)c1cc2c(=O)n3cccc(C)c3nc2n1C. The topological polar surface area (TPSA) is 59.6 Å². The first kappa shape index (κ1) is 18.0. The Morgan fingerprint density at radius 2 is 1.86 bits per heavy atom. The highest BCUT2D eigenvalue weighted by Crippen LogP contribution is 2.18. The molecule has 142 valence electrons. The number of pyridine rings is 1. The molecule has 3 heterocycles. The largest absolute Gasteiger partial charge is 0.333 e. The van der Waals surface area contributed by atoms with E-state index in [4.69, 9.17) is 0 Å². The Labute approximate surface area is 162 Å². The van der Waals surface area contributed by atoms with Crippen molar-refractivity contribution in [1.29, 1.82) is 0 Å². The van der Waals surface area contributed by atoms with Gasteiger partial charge in [0.15, 0.2) is 0 Å². The number of hydrogen-bond acceptors (Lipinski definition) is 3. The Morgan fingerprint density at radius 3 is 2.57 bits per heavy atom. The monoisotopic (exact) mass is 374 g/mol. The van der Waals surface area contributed by atoms with E-state index in [-0.39, 0.29) is 11.5 Å². The average Bonchev–Trinajstić information content (AvgIpc) is 3.04. The molecule has 0 aliphatic heterocycles. The number of nitrogens with zero attached hydrogens (tertiary/aromatic N) is 4. The fourth-order valence-corrected chi connectivity index (χ4v) is 3.53. The summed E-state index contributed by atoms with van der Waals surface area (Å²) in [6.45, 7) is 4.96. The van der Waals surface area contributed by atoms with Gasteiger partial charge in [-0.05, 0) is 37.1 Å². The zero-order chi connectivity index (χ0) is 19.8. The number of carbonyl (C=O) groups is 1. The molecular weight excluding hydrogens is 352 g/mol. The normalized spacial score (nSPS) is 11.2. The molecule has 0 bridgehead atoms. The van der Waals surface area contributed by atoms with Crippen molar-refractivity contribution in [3.05, 3.63) is 81.9 Å². The van der Waals surface area contributed by atoms with Crippen LogP contribution in [0, 0.1) is 6.92 Å². The first-order valence-corrected chi connectivity index (χ1v) is 9.32. The Kier molecular flexibility index (Phi) is 4.47. The number of benzene rings is 1. The minimum atomic E-state index is -0.163. The van der Waals surface area contributed by atoms with E-state index in [0.717, 1.165) is 11.1 Å². The zero-order valence-corrected chi connectivity index (χ0v) is 16.2. The van der Waals surface area contributed by atoms with Gasteiger partial charge in [-0.2, -0.15) is 0 Å². The summed E-state index contributed by atoms with van der Waals surface area (Å²) in [5.74, 6) is -0.114. The Bertz CT molecular complexity index is 1240. The zero-order valence-electron chi connectivity index (χ0n) is 16.2. The summed E-state index contributed by atoms with van der Waals surface area (Å²) in [7, 11) is 1.78. The number of carbonyl (C=O) groups excluding carboxylic acids is 1. The van der Waals surface area contributed by atoms with Gasteiger partial charge in [-0.25, -0.2) is 4.98 Å². The summed E-state index contributed by atoms with van der Waals surface area (Å²) >= 11 is 0. The predicted molar refractivity (Wildman–Crippen MR) is 110 cm³/mol. The highest BCUT2D eigenvalue weighted by atomic mass is 16.2. The molecule has 0 spiro atoms. The van der Waals surface area contributed by atoms with Crippen molar-refractivity contribution in [3.63, 3.8) is 0 Å². The molecule has 0 saturated heterocycles. The lowest BCUT2D eigenvalue weighted by Gasteiger charge is -2.21. The molecule has 28 heavy (non-hydrogen) atoms. The molecular formula is C22H22N4O2. The van der Waals surface area contributed by atoms with Crippen LogP contribution in [0.15, 0.2) is 59.5 Å². The fourth-order valence-electron chi connectivity index (χ4n) is 3.53. The van der Waals surface area contributed by atoms with E-state index in [1.807, 2.05) is 56.3 Å². The number of aromatic nitrogens is 3. The molecule has 6 heteroatoms. The molecule has 4 aromatic rings. The van der Waals surface area contributed by atoms with E-state index in [2.05, 4.69) is 4.98 Å². The lowest BCUT2D eigenvalue weighted by atomic mass is 10.2. The van der Waals surface area contributed by atoms with Crippen molar-refractivity contribution in [3.8, 4) is 0 Å². The molecule has 3 aromatic heterocycles. The fraction of sp³-hybridized carbons (Fsp3) is 0.227. The van der Waals surface area contributed by atoms with Crippen molar-refractivity contribution >= 4 is 22.6 Å². The molecule has 6 nitrogen and oxygen atoms in total. The molecule has 1 amide bonds. The van der Waals surface area contributed by atoms with Gasteiger partial charge in [0.2, 0.25) is 0 Å². The van der Waals surface area contributed by atoms with Gasteiger partial charge in [0, 0.05) is 26.3 Å². The molecule has 0 unspecified atom stereocenters. The molecule has 4 rings (SSSR count). The summed E-state index contributed by atoms with van der Waals surface area (Å²) in [6.07, 6.45) is 1.71. The third-order valence-electron chi connectivity index (χ3n) is 5.13. The van der Waals surface area contributed by atoms with E-state index < -0.39 is 0 Å². The number of aryl methyl sites for hydroxylation is 2. The lowest BCUT2D eigenvalue weighted by molar-refractivity contribution is 0.0743. The van der Waals surface area contributed by atoms with Gasteiger partial charge in [-0.15, -0.1) is 0 Å². The van der Waals surface area contributed by atoms with Crippen LogP contribution >= 0.6 is 0 Å². The Morgan fingerprint density at radius 1 is 1.11 bits per heavy atom. The molecule has 0 fully saturated rings. The van der Waals surface area contributed by atoms with E-state index in [1.165, 1.54) is 4.40 Å². The first-order chi connectivity index (χ1) is 13.5. The number of rotatable bonds is 4. The third-order valence-corrected chi connectivity index (χ3v) is 5.13. The second kappa shape index (κ2) is 6.96. The standard InChI is InChI=1S/C22H22N4O2/c1-4-25(14-16-10-6-5-7-11-16)22(28)18-13-17-20(24(18)3)23-19-15(2)9-8-12-26(19)21(17)27/h5-13H,4,14H2,1-3H3. The van der Waals surface area contributed by atoms with Gasteiger partial charge in [0.1, 0.15) is 17.0 Å². The summed E-state index contributed by atoms with van der Waals surface area (Å²) in [5.41, 5.74) is 3.41. The van der Waals surface area contributed by atoms with Crippen LogP contribution in [0.25, 0.3) is 16.7 Å². The maximum absolute atomic E-state index is 13.2. The highest BCUT2D eigenvalue weighted by molar-refractivity contribution is 5.98. The van der Waals surface area contributed by atoms with Crippen LogP contribution in [0.2, 0.25) is 0 Å².